The van der Waals surface area contributed by atoms with E-state index in [0.717, 1.165) is 19.4 Å². The highest BCUT2D eigenvalue weighted by Gasteiger charge is 2.22. The molecule has 0 bridgehead atoms. The third-order valence-corrected chi connectivity index (χ3v) is 4.43. The summed E-state index contributed by atoms with van der Waals surface area (Å²) < 4.78 is 1.49. The average Bonchev–Trinajstić information content (AvgIpc) is 2.61. The van der Waals surface area contributed by atoms with E-state index in [2.05, 4.69) is 4.98 Å². The SMILES string of the molecule is O=C(CCn1cnc2ccccc2c1=O)N1CCCC(CO)C1. The predicted octanol–water partition coefficient (Wildman–Crippen LogP) is 1.02. The Labute approximate surface area is 134 Å². The van der Waals surface area contributed by atoms with Gasteiger partial charge >= 0.3 is 0 Å². The summed E-state index contributed by atoms with van der Waals surface area (Å²) in [5.41, 5.74) is 0.553. The van der Waals surface area contributed by atoms with Crippen molar-refractivity contribution in [3.63, 3.8) is 0 Å². The second-order valence-electron chi connectivity index (χ2n) is 6.04. The molecule has 0 saturated carbocycles. The topological polar surface area (TPSA) is 75.4 Å². The van der Waals surface area contributed by atoms with E-state index in [0.29, 0.717) is 24.0 Å². The molecule has 1 aliphatic rings. The standard InChI is InChI=1S/C17H21N3O3/c21-11-13-4-3-8-19(10-13)16(22)7-9-20-12-18-15-6-2-1-5-14(15)17(20)23/h1-2,5-6,12-13,21H,3-4,7-11H2. The highest BCUT2D eigenvalue weighted by Crippen LogP contribution is 2.16. The molecule has 1 N–H and O–H groups in total. The van der Waals surface area contributed by atoms with Gasteiger partial charge in [0.25, 0.3) is 5.56 Å². The Bertz CT molecular complexity index is 756. The zero-order valence-corrected chi connectivity index (χ0v) is 13.0. The van der Waals surface area contributed by atoms with Crippen LogP contribution in [-0.4, -0.2) is 45.2 Å². The van der Waals surface area contributed by atoms with E-state index in [4.69, 9.17) is 0 Å². The minimum absolute atomic E-state index is 0.0307. The summed E-state index contributed by atoms with van der Waals surface area (Å²) in [5.74, 6) is 0.209. The van der Waals surface area contributed by atoms with Crippen LogP contribution in [0.15, 0.2) is 35.4 Å². The first-order chi connectivity index (χ1) is 11.2. The van der Waals surface area contributed by atoms with Gasteiger partial charge in [-0.1, -0.05) is 12.1 Å². The largest absolute Gasteiger partial charge is 0.396 e. The Balaban J connectivity index is 1.67. The summed E-state index contributed by atoms with van der Waals surface area (Å²) in [6, 6.07) is 7.20. The number of rotatable bonds is 4. The van der Waals surface area contributed by atoms with E-state index in [1.165, 1.54) is 10.9 Å². The van der Waals surface area contributed by atoms with E-state index in [-0.39, 0.29) is 30.4 Å². The molecule has 23 heavy (non-hydrogen) atoms. The number of aliphatic hydroxyl groups excluding tert-OH is 1. The molecule has 0 aliphatic carbocycles. The number of carbonyl (C=O) groups is 1. The van der Waals surface area contributed by atoms with Crippen LogP contribution in [0, 0.1) is 5.92 Å². The van der Waals surface area contributed by atoms with Crippen molar-refractivity contribution in [1.82, 2.24) is 14.5 Å². The molecule has 6 nitrogen and oxygen atoms in total. The van der Waals surface area contributed by atoms with Crippen LogP contribution in [0.3, 0.4) is 0 Å². The molecule has 2 aromatic rings. The van der Waals surface area contributed by atoms with Crippen molar-refractivity contribution >= 4 is 16.8 Å². The van der Waals surface area contributed by atoms with Crippen LogP contribution < -0.4 is 5.56 Å². The molecule has 0 spiro atoms. The van der Waals surface area contributed by atoms with Gasteiger partial charge in [-0.05, 0) is 30.9 Å². The Hall–Kier alpha value is -2.21. The van der Waals surface area contributed by atoms with Crippen molar-refractivity contribution in [2.24, 2.45) is 5.92 Å². The molecular formula is C17H21N3O3. The van der Waals surface area contributed by atoms with Crippen LogP contribution in [0.2, 0.25) is 0 Å². The number of aryl methyl sites for hydroxylation is 1. The molecule has 1 amide bonds. The minimum Gasteiger partial charge on any atom is -0.396 e. The summed E-state index contributed by atoms with van der Waals surface area (Å²) in [6.45, 7) is 1.80. The quantitative estimate of drug-likeness (QED) is 0.914. The van der Waals surface area contributed by atoms with Gasteiger partial charge in [0.1, 0.15) is 0 Å². The Kier molecular flexibility index (Phi) is 4.71. The number of piperidine rings is 1. The van der Waals surface area contributed by atoms with E-state index < -0.39 is 0 Å². The van der Waals surface area contributed by atoms with E-state index in [1.54, 1.807) is 17.0 Å². The first-order valence-electron chi connectivity index (χ1n) is 8.02. The summed E-state index contributed by atoms with van der Waals surface area (Å²) in [7, 11) is 0. The molecular weight excluding hydrogens is 294 g/mol. The van der Waals surface area contributed by atoms with Crippen molar-refractivity contribution in [3.8, 4) is 0 Å². The van der Waals surface area contributed by atoms with Crippen LogP contribution in [0.25, 0.3) is 10.9 Å². The molecule has 122 valence electrons. The molecule has 1 aromatic carbocycles. The molecule has 2 heterocycles. The van der Waals surface area contributed by atoms with Gasteiger partial charge in [-0.2, -0.15) is 0 Å². The van der Waals surface area contributed by atoms with E-state index in [1.807, 2.05) is 12.1 Å². The zero-order chi connectivity index (χ0) is 16.2. The fourth-order valence-electron chi connectivity index (χ4n) is 3.08. The van der Waals surface area contributed by atoms with Crippen molar-refractivity contribution in [2.75, 3.05) is 19.7 Å². The lowest BCUT2D eigenvalue weighted by Crippen LogP contribution is -2.41. The highest BCUT2D eigenvalue weighted by atomic mass is 16.3. The number of hydrogen-bond donors (Lipinski definition) is 1. The first-order valence-corrected chi connectivity index (χ1v) is 8.02. The number of aliphatic hydroxyl groups is 1. The number of carbonyl (C=O) groups excluding carboxylic acids is 1. The zero-order valence-electron chi connectivity index (χ0n) is 13.0. The molecule has 0 radical (unpaired) electrons. The van der Waals surface area contributed by atoms with Crippen molar-refractivity contribution < 1.29 is 9.90 Å². The third-order valence-electron chi connectivity index (χ3n) is 4.43. The fourth-order valence-corrected chi connectivity index (χ4v) is 3.08. The predicted molar refractivity (Wildman–Crippen MR) is 87.0 cm³/mol. The second-order valence-corrected chi connectivity index (χ2v) is 6.04. The summed E-state index contributed by atoms with van der Waals surface area (Å²) in [5, 5.41) is 9.81. The van der Waals surface area contributed by atoms with Gasteiger partial charge in [-0.25, -0.2) is 4.98 Å². The third kappa shape index (κ3) is 3.42. The molecule has 1 aliphatic heterocycles. The summed E-state index contributed by atoms with van der Waals surface area (Å²) in [6.07, 6.45) is 3.67. The molecule has 6 heteroatoms. The highest BCUT2D eigenvalue weighted by molar-refractivity contribution is 5.77. The van der Waals surface area contributed by atoms with Crippen LogP contribution in [-0.2, 0) is 11.3 Å². The van der Waals surface area contributed by atoms with Crippen LogP contribution in [0.4, 0.5) is 0 Å². The number of hydrogen-bond acceptors (Lipinski definition) is 4. The van der Waals surface area contributed by atoms with Gasteiger partial charge < -0.3 is 10.0 Å². The molecule has 3 rings (SSSR count). The number of fused-ring (bicyclic) bond motifs is 1. The maximum Gasteiger partial charge on any atom is 0.261 e. The molecule has 1 atom stereocenters. The van der Waals surface area contributed by atoms with Gasteiger partial charge in [-0.3, -0.25) is 14.2 Å². The fraction of sp³-hybridized carbons (Fsp3) is 0.471. The number of para-hydroxylation sites is 1. The number of aromatic nitrogens is 2. The van der Waals surface area contributed by atoms with Gasteiger partial charge in [0.15, 0.2) is 0 Å². The lowest BCUT2D eigenvalue weighted by molar-refractivity contribution is -0.133. The average molecular weight is 315 g/mol. The Morgan fingerprint density at radius 1 is 1.35 bits per heavy atom. The number of benzene rings is 1. The molecule has 1 saturated heterocycles. The van der Waals surface area contributed by atoms with Crippen LogP contribution in [0.1, 0.15) is 19.3 Å². The minimum atomic E-state index is -0.115. The van der Waals surface area contributed by atoms with E-state index in [9.17, 15) is 14.7 Å². The van der Waals surface area contributed by atoms with E-state index >= 15 is 0 Å². The lowest BCUT2D eigenvalue weighted by atomic mass is 9.99. The van der Waals surface area contributed by atoms with Gasteiger partial charge in [-0.15, -0.1) is 0 Å². The normalized spacial score (nSPS) is 18.3. The molecule has 1 fully saturated rings. The second kappa shape index (κ2) is 6.91. The number of likely N-dealkylation sites (tertiary alicyclic amines) is 1. The summed E-state index contributed by atoms with van der Waals surface area (Å²) >= 11 is 0. The Morgan fingerprint density at radius 3 is 3.00 bits per heavy atom. The number of nitrogens with zero attached hydrogens (tertiary/aromatic N) is 3. The first kappa shape index (κ1) is 15.7. The van der Waals surface area contributed by atoms with Crippen molar-refractivity contribution in [1.29, 1.82) is 0 Å². The van der Waals surface area contributed by atoms with Gasteiger partial charge in [0.05, 0.1) is 17.2 Å². The van der Waals surface area contributed by atoms with Crippen LogP contribution >= 0.6 is 0 Å². The lowest BCUT2D eigenvalue weighted by Gasteiger charge is -2.32. The monoisotopic (exact) mass is 315 g/mol. The Morgan fingerprint density at radius 2 is 2.17 bits per heavy atom. The molecule has 1 aromatic heterocycles. The summed E-state index contributed by atoms with van der Waals surface area (Å²) in [4.78, 5) is 30.8. The maximum absolute atomic E-state index is 12.4. The molecule has 1 unspecified atom stereocenters. The van der Waals surface area contributed by atoms with Gasteiger partial charge in [0, 0.05) is 32.7 Å². The smallest absolute Gasteiger partial charge is 0.261 e. The van der Waals surface area contributed by atoms with Crippen molar-refractivity contribution in [3.05, 3.63) is 40.9 Å². The van der Waals surface area contributed by atoms with Crippen LogP contribution in [0.5, 0.6) is 0 Å². The number of amides is 1. The maximum atomic E-state index is 12.4. The van der Waals surface area contributed by atoms with Crippen molar-refractivity contribution in [2.45, 2.75) is 25.8 Å². The van der Waals surface area contributed by atoms with Gasteiger partial charge in [0.2, 0.25) is 5.91 Å².